The van der Waals surface area contributed by atoms with Crippen LogP contribution >= 0.6 is 0 Å². The quantitative estimate of drug-likeness (QED) is 0.822. The third-order valence-electron chi connectivity index (χ3n) is 2.91. The fourth-order valence-electron chi connectivity index (χ4n) is 2.07. The van der Waals surface area contributed by atoms with E-state index in [2.05, 4.69) is 36.0 Å². The maximum atomic E-state index is 5.52. The lowest BCUT2D eigenvalue weighted by atomic mass is 9.91. The summed E-state index contributed by atoms with van der Waals surface area (Å²) in [7, 11) is 0. The van der Waals surface area contributed by atoms with Gasteiger partial charge >= 0.3 is 0 Å². The lowest BCUT2D eigenvalue weighted by molar-refractivity contribution is 0.228. The Morgan fingerprint density at radius 1 is 1.38 bits per heavy atom. The van der Waals surface area contributed by atoms with Gasteiger partial charge in [0.05, 0.1) is 5.69 Å². The van der Waals surface area contributed by atoms with Gasteiger partial charge < -0.3 is 9.73 Å². The van der Waals surface area contributed by atoms with Crippen molar-refractivity contribution in [1.82, 2.24) is 15.2 Å². The van der Waals surface area contributed by atoms with Crippen molar-refractivity contribution in [2.24, 2.45) is 0 Å². The highest BCUT2D eigenvalue weighted by Crippen LogP contribution is 2.25. The first-order valence-electron chi connectivity index (χ1n) is 5.93. The van der Waals surface area contributed by atoms with Gasteiger partial charge in [-0.2, -0.15) is 0 Å². The van der Waals surface area contributed by atoms with Crippen LogP contribution < -0.4 is 5.32 Å². The van der Waals surface area contributed by atoms with E-state index in [1.165, 1.54) is 0 Å². The van der Waals surface area contributed by atoms with E-state index < -0.39 is 0 Å². The first kappa shape index (κ1) is 11.6. The molecule has 16 heavy (non-hydrogen) atoms. The summed E-state index contributed by atoms with van der Waals surface area (Å²) in [6.45, 7) is 11.7. The second-order valence-electron chi connectivity index (χ2n) is 5.40. The minimum absolute atomic E-state index is 0.0415. The van der Waals surface area contributed by atoms with Crippen LogP contribution in [-0.2, 0) is 12.0 Å². The Morgan fingerprint density at radius 2 is 2.06 bits per heavy atom. The Labute approximate surface area is 97.0 Å². The number of rotatable bonds is 2. The van der Waals surface area contributed by atoms with Crippen LogP contribution in [-0.4, -0.2) is 36.1 Å². The van der Waals surface area contributed by atoms with E-state index in [-0.39, 0.29) is 5.41 Å². The van der Waals surface area contributed by atoms with Crippen molar-refractivity contribution >= 4 is 0 Å². The van der Waals surface area contributed by atoms with Gasteiger partial charge in [-0.05, 0) is 0 Å². The largest absolute Gasteiger partial charge is 0.448 e. The van der Waals surface area contributed by atoms with Gasteiger partial charge in [0.25, 0.3) is 0 Å². The standard InChI is InChI=1S/C12H21N3O/c1-12(2,3)11-10(14-9-16-11)8-15-6-4-13-5-7-15/h9,13H,4-8H2,1-3H3. The van der Waals surface area contributed by atoms with Gasteiger partial charge in [0, 0.05) is 38.1 Å². The van der Waals surface area contributed by atoms with E-state index in [1.54, 1.807) is 6.39 Å². The van der Waals surface area contributed by atoms with Crippen LogP contribution in [0, 0.1) is 0 Å². The van der Waals surface area contributed by atoms with Crippen LogP contribution in [0.4, 0.5) is 0 Å². The highest BCUT2D eigenvalue weighted by atomic mass is 16.3. The lowest BCUT2D eigenvalue weighted by Gasteiger charge is -2.27. The molecular weight excluding hydrogens is 202 g/mol. The van der Waals surface area contributed by atoms with E-state index in [0.29, 0.717) is 0 Å². The first-order valence-corrected chi connectivity index (χ1v) is 5.93. The van der Waals surface area contributed by atoms with Crippen LogP contribution in [0.15, 0.2) is 10.8 Å². The molecule has 0 spiro atoms. The molecule has 90 valence electrons. The fraction of sp³-hybridized carbons (Fsp3) is 0.750. The topological polar surface area (TPSA) is 41.3 Å². The maximum Gasteiger partial charge on any atom is 0.181 e. The smallest absolute Gasteiger partial charge is 0.181 e. The van der Waals surface area contributed by atoms with Crippen molar-refractivity contribution in [2.45, 2.75) is 32.7 Å². The van der Waals surface area contributed by atoms with Gasteiger partial charge in [-0.1, -0.05) is 20.8 Å². The minimum atomic E-state index is 0.0415. The second kappa shape index (κ2) is 4.55. The molecule has 1 fully saturated rings. The molecule has 2 rings (SSSR count). The zero-order valence-corrected chi connectivity index (χ0v) is 10.4. The average molecular weight is 223 g/mol. The number of nitrogens with zero attached hydrogens (tertiary/aromatic N) is 2. The normalized spacial score (nSPS) is 18.9. The summed E-state index contributed by atoms with van der Waals surface area (Å²) in [5, 5.41) is 3.35. The monoisotopic (exact) mass is 223 g/mol. The molecule has 1 aromatic rings. The molecule has 1 aliphatic rings. The molecule has 0 unspecified atom stereocenters. The van der Waals surface area contributed by atoms with Crippen LogP contribution in [0.1, 0.15) is 32.2 Å². The SMILES string of the molecule is CC(C)(C)c1ocnc1CN1CCNCC1. The molecule has 1 aliphatic heterocycles. The molecule has 1 N–H and O–H groups in total. The maximum absolute atomic E-state index is 5.52. The predicted molar refractivity (Wildman–Crippen MR) is 63.3 cm³/mol. The summed E-state index contributed by atoms with van der Waals surface area (Å²) >= 11 is 0. The van der Waals surface area contributed by atoms with Gasteiger partial charge in [0.15, 0.2) is 6.39 Å². The molecule has 1 saturated heterocycles. The molecule has 0 saturated carbocycles. The van der Waals surface area contributed by atoms with Crippen LogP contribution in [0.25, 0.3) is 0 Å². The number of hydrogen-bond donors (Lipinski definition) is 1. The van der Waals surface area contributed by atoms with Gasteiger partial charge in [0.1, 0.15) is 5.76 Å². The van der Waals surface area contributed by atoms with Gasteiger partial charge in [-0.15, -0.1) is 0 Å². The molecule has 4 heteroatoms. The zero-order valence-electron chi connectivity index (χ0n) is 10.4. The molecule has 0 amide bonds. The van der Waals surface area contributed by atoms with Crippen molar-refractivity contribution < 1.29 is 4.42 Å². The third kappa shape index (κ3) is 2.62. The number of hydrogen-bond acceptors (Lipinski definition) is 4. The Kier molecular flexibility index (Phi) is 3.30. The van der Waals surface area contributed by atoms with Gasteiger partial charge in [-0.25, -0.2) is 4.98 Å². The summed E-state index contributed by atoms with van der Waals surface area (Å²) < 4.78 is 5.52. The molecule has 0 aromatic carbocycles. The molecule has 4 nitrogen and oxygen atoms in total. The third-order valence-corrected chi connectivity index (χ3v) is 2.91. The summed E-state index contributed by atoms with van der Waals surface area (Å²) in [6.07, 6.45) is 1.57. The Morgan fingerprint density at radius 3 is 2.69 bits per heavy atom. The highest BCUT2D eigenvalue weighted by molar-refractivity contribution is 5.16. The number of piperazine rings is 1. The van der Waals surface area contributed by atoms with Crippen molar-refractivity contribution in [2.75, 3.05) is 26.2 Å². The molecule has 0 aliphatic carbocycles. The van der Waals surface area contributed by atoms with Gasteiger partial charge in [-0.3, -0.25) is 4.90 Å². The van der Waals surface area contributed by atoms with Crippen LogP contribution in [0.5, 0.6) is 0 Å². The molecule has 2 heterocycles. The van der Waals surface area contributed by atoms with Crippen molar-refractivity contribution in [1.29, 1.82) is 0 Å². The van der Waals surface area contributed by atoms with Crippen molar-refractivity contribution in [3.05, 3.63) is 17.8 Å². The highest BCUT2D eigenvalue weighted by Gasteiger charge is 2.24. The second-order valence-corrected chi connectivity index (χ2v) is 5.40. The molecule has 0 atom stereocenters. The number of aromatic nitrogens is 1. The summed E-state index contributed by atoms with van der Waals surface area (Å²) in [6, 6.07) is 0. The van der Waals surface area contributed by atoms with Gasteiger partial charge in [0.2, 0.25) is 0 Å². The van der Waals surface area contributed by atoms with E-state index in [0.717, 1.165) is 44.2 Å². The number of oxazole rings is 1. The van der Waals surface area contributed by atoms with E-state index in [9.17, 15) is 0 Å². The van der Waals surface area contributed by atoms with Crippen molar-refractivity contribution in [3.8, 4) is 0 Å². The van der Waals surface area contributed by atoms with Crippen LogP contribution in [0.3, 0.4) is 0 Å². The van der Waals surface area contributed by atoms with E-state index in [1.807, 2.05) is 0 Å². The first-order chi connectivity index (χ1) is 7.57. The van der Waals surface area contributed by atoms with E-state index >= 15 is 0 Å². The Hall–Kier alpha value is -0.870. The predicted octanol–water partition coefficient (Wildman–Crippen LogP) is 1.38. The summed E-state index contributed by atoms with van der Waals surface area (Å²) in [4.78, 5) is 6.77. The molecule has 0 radical (unpaired) electrons. The summed E-state index contributed by atoms with van der Waals surface area (Å²) in [5.41, 5.74) is 1.13. The summed E-state index contributed by atoms with van der Waals surface area (Å²) in [5.74, 6) is 1.02. The van der Waals surface area contributed by atoms with Crippen molar-refractivity contribution in [3.63, 3.8) is 0 Å². The molecule has 1 aromatic heterocycles. The lowest BCUT2D eigenvalue weighted by Crippen LogP contribution is -2.43. The molecular formula is C12H21N3O. The fourth-order valence-corrected chi connectivity index (χ4v) is 2.07. The Bertz CT molecular complexity index is 334. The zero-order chi connectivity index (χ0) is 11.6. The average Bonchev–Trinajstić information content (AvgIpc) is 2.67. The molecule has 0 bridgehead atoms. The van der Waals surface area contributed by atoms with Crippen LogP contribution in [0.2, 0.25) is 0 Å². The van der Waals surface area contributed by atoms with E-state index in [4.69, 9.17) is 4.42 Å². The number of nitrogens with one attached hydrogen (secondary N) is 1. The Balaban J connectivity index is 2.06. The minimum Gasteiger partial charge on any atom is -0.448 e.